The Bertz CT molecular complexity index is 872. The summed E-state index contributed by atoms with van der Waals surface area (Å²) >= 11 is 0. The van der Waals surface area contributed by atoms with Gasteiger partial charge in [0.1, 0.15) is 12.7 Å². The van der Waals surface area contributed by atoms with Crippen molar-refractivity contribution in [1.29, 1.82) is 0 Å². The second-order valence-electron chi connectivity index (χ2n) is 6.40. The van der Waals surface area contributed by atoms with Crippen LogP contribution in [0.25, 0.3) is 11.1 Å². The van der Waals surface area contributed by atoms with Crippen LogP contribution in [0.4, 0.5) is 11.6 Å². The summed E-state index contributed by atoms with van der Waals surface area (Å²) in [6.07, 6.45) is 3.04. The molecule has 0 saturated heterocycles. The normalized spacial score (nSPS) is 14.2. The van der Waals surface area contributed by atoms with Crippen LogP contribution in [0.2, 0.25) is 0 Å². The third-order valence-electron chi connectivity index (χ3n) is 4.73. The molecule has 1 heterocycles. The third-order valence-corrected chi connectivity index (χ3v) is 4.73. The van der Waals surface area contributed by atoms with E-state index in [1.165, 1.54) is 34.9 Å². The predicted octanol–water partition coefficient (Wildman–Crippen LogP) is 3.95. The van der Waals surface area contributed by atoms with Gasteiger partial charge in [-0.25, -0.2) is 15.0 Å². The fourth-order valence-corrected chi connectivity index (χ4v) is 3.42. The highest BCUT2D eigenvalue weighted by Crippen LogP contribution is 2.49. The van der Waals surface area contributed by atoms with Crippen LogP contribution < -0.4 is 4.90 Å². The first-order valence-corrected chi connectivity index (χ1v) is 7.69. The highest BCUT2D eigenvalue weighted by Gasteiger charge is 2.35. The second-order valence-corrected chi connectivity index (χ2v) is 6.40. The van der Waals surface area contributed by atoms with Crippen LogP contribution in [0, 0.1) is 0 Å². The van der Waals surface area contributed by atoms with Crippen molar-refractivity contribution in [2.24, 2.45) is 0 Å². The van der Waals surface area contributed by atoms with Crippen molar-refractivity contribution < 1.29 is 0 Å². The molecule has 1 aliphatic rings. The lowest BCUT2D eigenvalue weighted by Gasteiger charge is -2.23. The molecule has 1 aliphatic carbocycles. The number of anilines is 2. The van der Waals surface area contributed by atoms with Gasteiger partial charge < -0.3 is 4.90 Å². The molecule has 0 radical (unpaired) electrons. The number of aromatic nitrogens is 3. The molecule has 0 aliphatic heterocycles. The molecule has 0 amide bonds. The second kappa shape index (κ2) is 4.88. The van der Waals surface area contributed by atoms with E-state index in [9.17, 15) is 0 Å². The maximum Gasteiger partial charge on any atom is 0.232 e. The standard InChI is InChI=1S/C19H18N4/c1-19(2)16-7-5-4-6-14(16)15-9-8-13(10-17(15)19)23(3)18-21-11-20-12-22-18/h4-12H,1-3H3. The lowest BCUT2D eigenvalue weighted by atomic mass is 9.82. The van der Waals surface area contributed by atoms with E-state index in [2.05, 4.69) is 71.3 Å². The maximum atomic E-state index is 4.23. The minimum atomic E-state index is 0.00186. The molecular weight excluding hydrogens is 284 g/mol. The number of hydrogen-bond acceptors (Lipinski definition) is 4. The summed E-state index contributed by atoms with van der Waals surface area (Å²) in [5.41, 5.74) is 6.46. The zero-order chi connectivity index (χ0) is 16.0. The number of hydrogen-bond donors (Lipinski definition) is 0. The Morgan fingerprint density at radius 2 is 1.57 bits per heavy atom. The molecule has 1 aromatic heterocycles. The predicted molar refractivity (Wildman–Crippen MR) is 91.9 cm³/mol. The van der Waals surface area contributed by atoms with Crippen molar-refractivity contribution >= 4 is 11.6 Å². The highest BCUT2D eigenvalue weighted by molar-refractivity contribution is 5.82. The topological polar surface area (TPSA) is 41.9 Å². The van der Waals surface area contributed by atoms with Gasteiger partial charge >= 0.3 is 0 Å². The molecule has 114 valence electrons. The summed E-state index contributed by atoms with van der Waals surface area (Å²) < 4.78 is 0. The van der Waals surface area contributed by atoms with E-state index in [4.69, 9.17) is 0 Å². The Morgan fingerprint density at radius 1 is 0.870 bits per heavy atom. The van der Waals surface area contributed by atoms with Gasteiger partial charge in [-0.1, -0.05) is 44.2 Å². The first-order chi connectivity index (χ1) is 11.1. The van der Waals surface area contributed by atoms with Crippen molar-refractivity contribution in [3.8, 4) is 11.1 Å². The average Bonchev–Trinajstić information content (AvgIpc) is 2.83. The molecule has 0 saturated carbocycles. The highest BCUT2D eigenvalue weighted by atomic mass is 15.2. The Morgan fingerprint density at radius 3 is 2.35 bits per heavy atom. The number of fused-ring (bicyclic) bond motifs is 3. The summed E-state index contributed by atoms with van der Waals surface area (Å²) in [6.45, 7) is 4.56. The van der Waals surface area contributed by atoms with Crippen molar-refractivity contribution in [1.82, 2.24) is 15.0 Å². The molecule has 2 aromatic carbocycles. The van der Waals surface area contributed by atoms with Crippen LogP contribution in [-0.2, 0) is 5.41 Å². The maximum absolute atomic E-state index is 4.23. The van der Waals surface area contributed by atoms with E-state index in [0.29, 0.717) is 5.95 Å². The summed E-state index contributed by atoms with van der Waals surface area (Å²) in [5.74, 6) is 0.647. The largest absolute Gasteiger partial charge is 0.314 e. The van der Waals surface area contributed by atoms with Crippen molar-refractivity contribution in [3.05, 3.63) is 66.2 Å². The van der Waals surface area contributed by atoms with Gasteiger partial charge in [0.2, 0.25) is 5.95 Å². The van der Waals surface area contributed by atoms with Crippen molar-refractivity contribution in [3.63, 3.8) is 0 Å². The molecule has 0 unspecified atom stereocenters. The summed E-state index contributed by atoms with van der Waals surface area (Å²) in [7, 11) is 1.98. The van der Waals surface area contributed by atoms with Gasteiger partial charge in [-0.3, -0.25) is 0 Å². The molecule has 4 rings (SSSR count). The molecule has 0 bridgehead atoms. The summed E-state index contributed by atoms with van der Waals surface area (Å²) in [5, 5.41) is 0. The Balaban J connectivity index is 1.83. The molecule has 4 heteroatoms. The monoisotopic (exact) mass is 302 g/mol. The van der Waals surface area contributed by atoms with Gasteiger partial charge in [0.15, 0.2) is 0 Å². The van der Waals surface area contributed by atoms with Crippen molar-refractivity contribution in [2.75, 3.05) is 11.9 Å². The van der Waals surface area contributed by atoms with Gasteiger partial charge in [0.25, 0.3) is 0 Å². The number of nitrogens with zero attached hydrogens (tertiary/aromatic N) is 4. The fraction of sp³-hybridized carbons (Fsp3) is 0.211. The van der Waals surface area contributed by atoms with E-state index < -0.39 is 0 Å². The zero-order valence-corrected chi connectivity index (χ0v) is 13.5. The molecule has 0 fully saturated rings. The van der Waals surface area contributed by atoms with Crippen LogP contribution in [0.5, 0.6) is 0 Å². The molecule has 0 N–H and O–H groups in total. The van der Waals surface area contributed by atoms with Gasteiger partial charge in [-0.15, -0.1) is 0 Å². The molecule has 23 heavy (non-hydrogen) atoms. The van der Waals surface area contributed by atoms with Crippen LogP contribution in [0.3, 0.4) is 0 Å². The minimum Gasteiger partial charge on any atom is -0.314 e. The van der Waals surface area contributed by atoms with Crippen LogP contribution in [0.15, 0.2) is 55.1 Å². The summed E-state index contributed by atoms with van der Waals surface area (Å²) in [4.78, 5) is 14.3. The molecule has 4 nitrogen and oxygen atoms in total. The lowest BCUT2D eigenvalue weighted by molar-refractivity contribution is 0.660. The third kappa shape index (κ3) is 2.02. The Kier molecular flexibility index (Phi) is 2.94. The zero-order valence-electron chi connectivity index (χ0n) is 13.5. The van der Waals surface area contributed by atoms with Crippen LogP contribution in [-0.4, -0.2) is 22.0 Å². The van der Waals surface area contributed by atoms with Crippen LogP contribution >= 0.6 is 0 Å². The van der Waals surface area contributed by atoms with E-state index in [0.717, 1.165) is 5.69 Å². The molecular formula is C19H18N4. The van der Waals surface area contributed by atoms with Gasteiger partial charge in [-0.2, -0.15) is 0 Å². The smallest absolute Gasteiger partial charge is 0.232 e. The quantitative estimate of drug-likeness (QED) is 0.719. The van der Waals surface area contributed by atoms with Crippen molar-refractivity contribution in [2.45, 2.75) is 19.3 Å². The fourth-order valence-electron chi connectivity index (χ4n) is 3.42. The first-order valence-electron chi connectivity index (χ1n) is 7.69. The van der Waals surface area contributed by atoms with Gasteiger partial charge in [0.05, 0.1) is 0 Å². The van der Waals surface area contributed by atoms with E-state index in [1.807, 2.05) is 11.9 Å². The van der Waals surface area contributed by atoms with Crippen LogP contribution in [0.1, 0.15) is 25.0 Å². The number of benzene rings is 2. The Hall–Kier alpha value is -2.75. The first kappa shape index (κ1) is 13.9. The number of rotatable bonds is 2. The SMILES string of the molecule is CN(c1ccc2c(c1)C(C)(C)c1ccccc1-2)c1ncncn1. The summed E-state index contributed by atoms with van der Waals surface area (Å²) in [6, 6.07) is 15.2. The average molecular weight is 302 g/mol. The van der Waals surface area contributed by atoms with Gasteiger partial charge in [0, 0.05) is 18.2 Å². The van der Waals surface area contributed by atoms with E-state index in [1.54, 1.807) is 0 Å². The van der Waals surface area contributed by atoms with Gasteiger partial charge in [-0.05, 0) is 34.4 Å². The molecule has 3 aromatic rings. The Labute approximate surface area is 135 Å². The van der Waals surface area contributed by atoms with E-state index in [-0.39, 0.29) is 5.41 Å². The molecule has 0 atom stereocenters. The minimum absolute atomic E-state index is 0.00186. The van der Waals surface area contributed by atoms with E-state index >= 15 is 0 Å². The molecule has 0 spiro atoms. The lowest BCUT2D eigenvalue weighted by Crippen LogP contribution is -2.17.